The second kappa shape index (κ2) is 8.47. The Hall–Kier alpha value is -3.18. The number of rotatable bonds is 5. The number of carbonyl (C=O) groups excluding carboxylic acids is 2. The van der Waals surface area contributed by atoms with E-state index in [0.717, 1.165) is 11.1 Å². The molecule has 0 unspecified atom stereocenters. The van der Waals surface area contributed by atoms with Crippen molar-refractivity contribution in [2.75, 3.05) is 5.32 Å². The van der Waals surface area contributed by atoms with Crippen LogP contribution in [0, 0.1) is 6.92 Å². The first-order valence-electron chi connectivity index (χ1n) is 8.38. The molecule has 2 amide bonds. The Kier molecular flexibility index (Phi) is 5.84. The van der Waals surface area contributed by atoms with Gasteiger partial charge in [-0.3, -0.25) is 14.6 Å². The van der Waals surface area contributed by atoms with Crippen molar-refractivity contribution in [1.82, 2.24) is 10.3 Å². The number of amides is 2. The minimum atomic E-state index is -0.412. The van der Waals surface area contributed by atoms with Crippen LogP contribution in [0.5, 0.6) is 0 Å². The summed E-state index contributed by atoms with van der Waals surface area (Å²) < 4.78 is 0. The predicted octanol–water partition coefficient (Wildman–Crippen LogP) is 4.23. The van der Waals surface area contributed by atoms with E-state index >= 15 is 0 Å². The van der Waals surface area contributed by atoms with Crippen molar-refractivity contribution >= 4 is 29.1 Å². The van der Waals surface area contributed by atoms with Gasteiger partial charge in [-0.2, -0.15) is 0 Å². The number of aromatic nitrogens is 1. The number of hydrogen-bond acceptors (Lipinski definition) is 3. The van der Waals surface area contributed by atoms with Gasteiger partial charge in [0.25, 0.3) is 11.8 Å². The van der Waals surface area contributed by atoms with Crippen molar-refractivity contribution in [2.45, 2.75) is 13.5 Å². The Morgan fingerprint density at radius 2 is 1.78 bits per heavy atom. The number of hydrogen-bond donors (Lipinski definition) is 2. The van der Waals surface area contributed by atoms with E-state index in [2.05, 4.69) is 15.6 Å². The Balaban J connectivity index is 1.66. The Labute approximate surface area is 162 Å². The topological polar surface area (TPSA) is 71.1 Å². The van der Waals surface area contributed by atoms with Crippen LogP contribution in [-0.4, -0.2) is 16.8 Å². The highest BCUT2D eigenvalue weighted by atomic mass is 35.5. The number of halogens is 1. The zero-order chi connectivity index (χ0) is 19.2. The third kappa shape index (κ3) is 5.15. The molecule has 27 heavy (non-hydrogen) atoms. The van der Waals surface area contributed by atoms with Crippen molar-refractivity contribution < 1.29 is 9.59 Å². The lowest BCUT2D eigenvalue weighted by Gasteiger charge is -2.08. The van der Waals surface area contributed by atoms with Gasteiger partial charge < -0.3 is 10.6 Å². The molecule has 0 aliphatic carbocycles. The van der Waals surface area contributed by atoms with Crippen LogP contribution in [0.25, 0.3) is 0 Å². The third-order valence-corrected chi connectivity index (χ3v) is 4.15. The summed E-state index contributed by atoms with van der Waals surface area (Å²) in [6, 6.07) is 17.8. The minimum absolute atomic E-state index is 0.151. The molecule has 136 valence electrons. The fourth-order valence-electron chi connectivity index (χ4n) is 2.45. The molecule has 0 atom stereocenters. The fourth-order valence-corrected chi connectivity index (χ4v) is 2.64. The van der Waals surface area contributed by atoms with E-state index in [1.807, 2.05) is 31.2 Å². The second-order valence-electron chi connectivity index (χ2n) is 6.06. The molecule has 5 nitrogen and oxygen atoms in total. The number of anilines is 1. The van der Waals surface area contributed by atoms with Gasteiger partial charge in [-0.15, -0.1) is 0 Å². The molecular formula is C21H18ClN3O2. The van der Waals surface area contributed by atoms with Gasteiger partial charge in [-0.05, 0) is 42.8 Å². The Morgan fingerprint density at radius 1 is 1.00 bits per heavy atom. The molecule has 0 spiro atoms. The summed E-state index contributed by atoms with van der Waals surface area (Å²) in [7, 11) is 0. The molecule has 2 aromatic carbocycles. The van der Waals surface area contributed by atoms with Crippen LogP contribution in [0.3, 0.4) is 0 Å². The van der Waals surface area contributed by atoms with Gasteiger partial charge >= 0.3 is 0 Å². The highest BCUT2D eigenvalue weighted by molar-refractivity contribution is 6.30. The molecule has 0 bridgehead atoms. The number of carbonyl (C=O) groups is 2. The largest absolute Gasteiger partial charge is 0.348 e. The van der Waals surface area contributed by atoms with Crippen LogP contribution >= 0.6 is 11.6 Å². The maximum absolute atomic E-state index is 12.4. The van der Waals surface area contributed by atoms with Gasteiger partial charge in [-0.1, -0.05) is 47.5 Å². The predicted molar refractivity (Wildman–Crippen MR) is 106 cm³/mol. The lowest BCUT2D eigenvalue weighted by Crippen LogP contribution is -2.23. The Bertz CT molecular complexity index is 971. The fraction of sp³-hybridized carbons (Fsp3) is 0.0952. The van der Waals surface area contributed by atoms with Crippen molar-refractivity contribution in [1.29, 1.82) is 0 Å². The van der Waals surface area contributed by atoms with E-state index in [1.165, 1.54) is 12.3 Å². The average Bonchev–Trinajstić information content (AvgIpc) is 2.67. The Morgan fingerprint density at radius 3 is 2.52 bits per heavy atom. The highest BCUT2D eigenvalue weighted by Crippen LogP contribution is 2.16. The molecular weight excluding hydrogens is 362 g/mol. The summed E-state index contributed by atoms with van der Waals surface area (Å²) in [6.45, 7) is 2.42. The van der Waals surface area contributed by atoms with E-state index in [4.69, 9.17) is 11.6 Å². The number of pyridine rings is 1. The zero-order valence-corrected chi connectivity index (χ0v) is 15.5. The average molecular weight is 380 g/mol. The number of nitrogens with zero attached hydrogens (tertiary/aromatic N) is 1. The number of aryl methyl sites for hydroxylation is 1. The smallest absolute Gasteiger partial charge is 0.274 e. The summed E-state index contributed by atoms with van der Waals surface area (Å²) in [4.78, 5) is 28.8. The van der Waals surface area contributed by atoms with Crippen LogP contribution in [-0.2, 0) is 6.54 Å². The lowest BCUT2D eigenvalue weighted by atomic mass is 10.1. The van der Waals surface area contributed by atoms with E-state index in [9.17, 15) is 9.59 Å². The van der Waals surface area contributed by atoms with Gasteiger partial charge in [0.15, 0.2) is 0 Å². The summed E-state index contributed by atoms with van der Waals surface area (Å²) >= 11 is 5.92. The maximum Gasteiger partial charge on any atom is 0.274 e. The highest BCUT2D eigenvalue weighted by Gasteiger charge is 2.12. The maximum atomic E-state index is 12.4. The molecule has 2 N–H and O–H groups in total. The van der Waals surface area contributed by atoms with Crippen molar-refractivity contribution in [3.05, 3.63) is 94.3 Å². The molecule has 0 radical (unpaired) electrons. The van der Waals surface area contributed by atoms with Crippen LogP contribution < -0.4 is 10.6 Å². The van der Waals surface area contributed by atoms with Crippen LogP contribution in [0.4, 0.5) is 5.69 Å². The molecule has 3 rings (SSSR count). The van der Waals surface area contributed by atoms with E-state index in [-0.39, 0.29) is 11.6 Å². The molecule has 0 fully saturated rings. The molecule has 0 saturated carbocycles. The van der Waals surface area contributed by atoms with E-state index < -0.39 is 5.91 Å². The summed E-state index contributed by atoms with van der Waals surface area (Å²) in [5.41, 5.74) is 3.24. The summed E-state index contributed by atoms with van der Waals surface area (Å²) in [5, 5.41) is 6.07. The molecule has 0 saturated heterocycles. The van der Waals surface area contributed by atoms with Crippen LogP contribution in [0.15, 0.2) is 66.9 Å². The van der Waals surface area contributed by atoms with Gasteiger partial charge in [0.05, 0.1) is 0 Å². The van der Waals surface area contributed by atoms with Gasteiger partial charge in [0, 0.05) is 29.0 Å². The van der Waals surface area contributed by atoms with Crippen LogP contribution in [0.2, 0.25) is 5.02 Å². The molecule has 3 aromatic rings. The second-order valence-corrected chi connectivity index (χ2v) is 6.50. The van der Waals surface area contributed by atoms with Crippen LogP contribution in [0.1, 0.15) is 32.0 Å². The minimum Gasteiger partial charge on any atom is -0.348 e. The van der Waals surface area contributed by atoms with Crippen molar-refractivity contribution in [3.8, 4) is 0 Å². The van der Waals surface area contributed by atoms with Crippen molar-refractivity contribution in [3.63, 3.8) is 0 Å². The molecule has 1 aromatic heterocycles. The molecule has 6 heteroatoms. The summed E-state index contributed by atoms with van der Waals surface area (Å²) in [6.07, 6.45) is 1.44. The monoisotopic (exact) mass is 379 g/mol. The van der Waals surface area contributed by atoms with E-state index in [0.29, 0.717) is 22.8 Å². The van der Waals surface area contributed by atoms with E-state index in [1.54, 1.807) is 30.3 Å². The zero-order valence-electron chi connectivity index (χ0n) is 14.7. The SMILES string of the molecule is Cc1ccc(CNC(=O)c2ccnc(C(=O)Nc3cccc(Cl)c3)c2)cc1. The lowest BCUT2D eigenvalue weighted by molar-refractivity contribution is 0.0951. The first kappa shape index (κ1) is 18.6. The third-order valence-electron chi connectivity index (χ3n) is 3.91. The molecule has 0 aliphatic heterocycles. The summed E-state index contributed by atoms with van der Waals surface area (Å²) in [5.74, 6) is -0.680. The number of nitrogens with one attached hydrogen (secondary N) is 2. The standard InChI is InChI=1S/C21H18ClN3O2/c1-14-5-7-15(8-6-14)13-24-20(26)16-9-10-23-19(11-16)21(27)25-18-4-2-3-17(22)12-18/h2-12H,13H2,1H3,(H,24,26)(H,25,27). The normalized spacial score (nSPS) is 10.3. The van der Waals surface area contributed by atoms with Crippen molar-refractivity contribution in [2.24, 2.45) is 0 Å². The first-order valence-corrected chi connectivity index (χ1v) is 8.76. The number of benzene rings is 2. The van der Waals surface area contributed by atoms with Gasteiger partial charge in [-0.25, -0.2) is 0 Å². The molecule has 1 heterocycles. The quantitative estimate of drug-likeness (QED) is 0.697. The first-order chi connectivity index (χ1) is 13.0. The van der Waals surface area contributed by atoms with Gasteiger partial charge in [0.1, 0.15) is 5.69 Å². The molecule has 0 aliphatic rings. The van der Waals surface area contributed by atoms with Gasteiger partial charge in [0.2, 0.25) is 0 Å².